The lowest BCUT2D eigenvalue weighted by atomic mass is 9.88. The molecular weight excluding hydrogens is 1150 g/mol. The molecule has 5 amide bonds. The number of aromatic hydroxyl groups is 1. The summed E-state index contributed by atoms with van der Waals surface area (Å²) in [4.78, 5) is 155. The van der Waals surface area contributed by atoms with E-state index in [1.54, 1.807) is 45.3 Å². The topological polar surface area (TPSA) is 364 Å². The number of guanidine groups is 1. The molecule has 6 rings (SSSR count). The van der Waals surface area contributed by atoms with Gasteiger partial charge < -0.3 is 57.6 Å². The number of likely N-dealkylation sites (tertiary alicyclic amines) is 1. The van der Waals surface area contributed by atoms with Crippen LogP contribution in [0.2, 0.25) is 0 Å². The molecule has 2 aliphatic heterocycles. The number of ketones is 5. The predicted octanol–water partition coefficient (Wildman–Crippen LogP) is 5.35. The standard InChI is InChI=1S/C66H92N10O13.CH4/c1-7-13-56(80)55-18-12-27-76(55)64(88)51(17-11-26-70-65(67)68)72-61(85)42(28-39(2)3)32-59(83)54(38-89-66(4,5)6)75-62(86)43(29-40-19-22-47(78)23-20-40)33-58(82)53(37-77)74-63(87)44(30-45-36-71-50-16-9-8-15-49(45)50)34-57(81)52(35-46-14-10-25-69-46)73-60(84)41-21-24-48(79)31-41;/h8-9,14-16,19-20,22-23,25,36,39,41-44,51-55,71,77-78H,7,10-13,17-18,21,24,26-35,37-38H2,1-6H3,(H,72,85)(H,73,84)(H,74,87)(H,75,86)(H4,67,68,70);1H4. The third-order valence-electron chi connectivity index (χ3n) is 16.5. The van der Waals surface area contributed by atoms with Crippen molar-refractivity contribution < 1.29 is 62.9 Å². The zero-order valence-corrected chi connectivity index (χ0v) is 52.4. The number of aromatic amines is 1. The van der Waals surface area contributed by atoms with Crippen molar-refractivity contribution in [1.29, 1.82) is 0 Å². The number of nitrogens with zero attached hydrogens (tertiary/aromatic N) is 3. The smallest absolute Gasteiger partial charge is 0.245 e. The number of aliphatic hydroxyl groups is 1. The van der Waals surface area contributed by atoms with Crippen LogP contribution in [0.3, 0.4) is 0 Å². The third kappa shape index (κ3) is 22.2. The summed E-state index contributed by atoms with van der Waals surface area (Å²) in [6.45, 7) is 10.2. The summed E-state index contributed by atoms with van der Waals surface area (Å²) < 4.78 is 6.12. The molecule has 0 bridgehead atoms. The van der Waals surface area contributed by atoms with Gasteiger partial charge in [-0.2, -0.15) is 0 Å². The summed E-state index contributed by atoms with van der Waals surface area (Å²) in [5.41, 5.74) is 12.9. The van der Waals surface area contributed by atoms with E-state index in [-0.39, 0.29) is 94.7 Å². The van der Waals surface area contributed by atoms with Crippen molar-refractivity contribution in [3.63, 3.8) is 0 Å². The number of phenolic OH excluding ortho intramolecular Hbond substituents is 1. The number of phenols is 1. The highest BCUT2D eigenvalue weighted by Crippen LogP contribution is 2.28. The summed E-state index contributed by atoms with van der Waals surface area (Å²) in [5.74, 6) is -9.35. The van der Waals surface area contributed by atoms with Crippen LogP contribution in [0.5, 0.6) is 5.75 Å². The number of nitrogens with one attached hydrogen (secondary N) is 5. The average Bonchev–Trinajstić information content (AvgIpc) is 1.76. The number of ether oxygens (including phenoxy) is 1. The number of carbonyl (C=O) groups excluding carboxylic acids is 10. The Hall–Kier alpha value is -7.92. The fourth-order valence-electron chi connectivity index (χ4n) is 11.7. The molecule has 3 aliphatic rings. The Bertz CT molecular complexity index is 3090. The van der Waals surface area contributed by atoms with Crippen molar-refractivity contribution in [1.82, 2.24) is 31.2 Å². The molecule has 3 heterocycles. The number of aliphatic imine (C=N–C) groups is 2. The van der Waals surface area contributed by atoms with Gasteiger partial charge in [0.2, 0.25) is 29.5 Å². The van der Waals surface area contributed by atoms with E-state index in [1.807, 2.05) is 51.1 Å². The molecule has 0 radical (unpaired) electrons. The van der Waals surface area contributed by atoms with Crippen LogP contribution in [-0.2, 0) is 65.5 Å². The van der Waals surface area contributed by atoms with Crippen LogP contribution < -0.4 is 32.7 Å². The second-order valence-electron chi connectivity index (χ2n) is 25.3. The summed E-state index contributed by atoms with van der Waals surface area (Å²) in [6, 6.07) is 7.49. The van der Waals surface area contributed by atoms with E-state index >= 15 is 0 Å². The summed E-state index contributed by atoms with van der Waals surface area (Å²) >= 11 is 0. The van der Waals surface area contributed by atoms with E-state index < -0.39 is 132 Å². The van der Waals surface area contributed by atoms with Crippen molar-refractivity contribution in [2.75, 3.05) is 26.3 Å². The minimum Gasteiger partial charge on any atom is -0.508 e. The maximum Gasteiger partial charge on any atom is 0.245 e. The number of allylic oxidation sites excluding steroid dienone is 1. The first kappa shape index (κ1) is 72.8. The summed E-state index contributed by atoms with van der Waals surface area (Å²) in [5, 5.41) is 33.1. The Labute approximate surface area is 528 Å². The molecule has 90 heavy (non-hydrogen) atoms. The molecule has 1 aromatic heterocycles. The maximum atomic E-state index is 14.9. The van der Waals surface area contributed by atoms with Crippen LogP contribution in [0.1, 0.15) is 156 Å². The Morgan fingerprint density at radius 3 is 2.07 bits per heavy atom. The Morgan fingerprint density at radius 1 is 0.811 bits per heavy atom. The summed E-state index contributed by atoms with van der Waals surface area (Å²) in [6.07, 6.45) is 7.56. The molecule has 2 fully saturated rings. The van der Waals surface area contributed by atoms with Gasteiger partial charge in [-0.15, -0.1) is 0 Å². The lowest BCUT2D eigenvalue weighted by Gasteiger charge is -2.30. The molecule has 23 nitrogen and oxygen atoms in total. The fraction of sp³-hybridized carbons (Fsp3) is 0.582. The van der Waals surface area contributed by atoms with E-state index in [1.165, 1.54) is 17.0 Å². The number of H-pyrrole nitrogens is 1. The number of amides is 5. The number of rotatable bonds is 36. The minimum atomic E-state index is -1.60. The molecule has 492 valence electrons. The van der Waals surface area contributed by atoms with Crippen molar-refractivity contribution in [2.45, 2.75) is 194 Å². The Morgan fingerprint density at radius 2 is 1.44 bits per heavy atom. The minimum absolute atomic E-state index is 0. The van der Waals surface area contributed by atoms with Gasteiger partial charge >= 0.3 is 0 Å². The van der Waals surface area contributed by atoms with Gasteiger partial charge in [-0.1, -0.05) is 64.6 Å². The van der Waals surface area contributed by atoms with Crippen molar-refractivity contribution in [2.24, 2.45) is 51.0 Å². The normalized spacial score (nSPS) is 17.9. The summed E-state index contributed by atoms with van der Waals surface area (Å²) in [7, 11) is 0. The number of para-hydroxylation sites is 1. The molecular formula is C67H96N10O13. The van der Waals surface area contributed by atoms with Gasteiger partial charge in [0, 0.05) is 117 Å². The van der Waals surface area contributed by atoms with Crippen LogP contribution in [0.4, 0.5) is 0 Å². The predicted molar refractivity (Wildman–Crippen MR) is 343 cm³/mol. The number of benzene rings is 2. The van der Waals surface area contributed by atoms with Crippen LogP contribution in [-0.4, -0.2) is 153 Å². The van der Waals surface area contributed by atoms with Gasteiger partial charge in [-0.05, 0) is 114 Å². The molecule has 9 atom stereocenters. The number of fused-ring (bicyclic) bond motifs is 1. The van der Waals surface area contributed by atoms with Crippen molar-refractivity contribution >= 4 is 81.5 Å². The first-order valence-electron chi connectivity index (χ1n) is 31.3. The maximum absolute atomic E-state index is 14.9. The average molecular weight is 1250 g/mol. The third-order valence-corrected chi connectivity index (χ3v) is 16.5. The first-order chi connectivity index (χ1) is 42.3. The van der Waals surface area contributed by atoms with E-state index in [0.717, 1.165) is 10.9 Å². The van der Waals surface area contributed by atoms with Crippen molar-refractivity contribution in [3.05, 3.63) is 77.6 Å². The van der Waals surface area contributed by atoms with Gasteiger partial charge in [0.25, 0.3) is 0 Å². The highest BCUT2D eigenvalue weighted by atomic mass is 16.5. The number of nitrogens with two attached hydrogens (primary N) is 2. The molecule has 2 aromatic carbocycles. The molecule has 3 aromatic rings. The molecule has 11 N–H and O–H groups in total. The number of Topliss-reactive ketones (excluding diaryl/α,β-unsaturated/α-hetero) is 5. The SMILES string of the molecule is C.CCCC(=O)C1CCCN1C(=O)C(CCCN=C(N)N)NC(=O)C(CC(=O)C(COC(C)(C)C)NC(=O)C(CC(=O)C(CO)NC(=O)C(CC(=O)C(CC1=CCC=N1)NC(=O)C1CCC(=O)C1)Cc1c[nH]c2ccccc12)Cc1ccc(O)cc1)CC(C)C. The number of aromatic nitrogens is 1. The van der Waals surface area contributed by atoms with Gasteiger partial charge in [-0.3, -0.25) is 57.9 Å². The Kier molecular flexibility index (Phi) is 28.2. The second kappa shape index (κ2) is 34.9. The van der Waals surface area contributed by atoms with Gasteiger partial charge in [0.1, 0.15) is 29.7 Å². The van der Waals surface area contributed by atoms with Crippen LogP contribution in [0, 0.1) is 29.6 Å². The molecule has 23 heteroatoms. The van der Waals surface area contributed by atoms with E-state index in [2.05, 4.69) is 36.2 Å². The molecule has 1 saturated heterocycles. The van der Waals surface area contributed by atoms with Crippen molar-refractivity contribution in [3.8, 4) is 5.75 Å². The zero-order valence-electron chi connectivity index (χ0n) is 52.4. The van der Waals surface area contributed by atoms with Crippen LogP contribution in [0.25, 0.3) is 10.9 Å². The highest BCUT2D eigenvalue weighted by molar-refractivity contribution is 5.99. The quantitative estimate of drug-likeness (QED) is 0.0201. The van der Waals surface area contributed by atoms with Gasteiger partial charge in [0.15, 0.2) is 29.1 Å². The Balaban J connectivity index is 0.0000147. The fourth-order valence-corrected chi connectivity index (χ4v) is 11.7. The number of hydrogen-bond acceptors (Lipinski definition) is 15. The number of aliphatic hydroxyl groups excluding tert-OH is 1. The largest absolute Gasteiger partial charge is 0.508 e. The van der Waals surface area contributed by atoms with Crippen LogP contribution >= 0.6 is 0 Å². The first-order valence-corrected chi connectivity index (χ1v) is 31.3. The number of hydrogen-bond donors (Lipinski definition) is 9. The highest BCUT2D eigenvalue weighted by Gasteiger charge is 2.40. The lowest BCUT2D eigenvalue weighted by molar-refractivity contribution is -0.142. The molecule has 9 unspecified atom stereocenters. The monoisotopic (exact) mass is 1250 g/mol. The zero-order chi connectivity index (χ0) is 65.0. The molecule has 1 aliphatic carbocycles. The second-order valence-corrected chi connectivity index (χ2v) is 25.3. The van der Waals surface area contributed by atoms with E-state index in [4.69, 9.17) is 16.2 Å². The van der Waals surface area contributed by atoms with Gasteiger partial charge in [-0.25, -0.2) is 0 Å². The van der Waals surface area contributed by atoms with Crippen LogP contribution in [0.15, 0.2) is 76.5 Å². The molecule has 0 spiro atoms. The lowest BCUT2D eigenvalue weighted by Crippen LogP contribution is -2.53. The molecule has 1 saturated carbocycles. The van der Waals surface area contributed by atoms with E-state index in [9.17, 15) is 58.2 Å². The van der Waals surface area contributed by atoms with Gasteiger partial charge in [0.05, 0.1) is 30.9 Å². The number of carbonyl (C=O) groups is 10. The van der Waals surface area contributed by atoms with E-state index in [0.29, 0.717) is 68.3 Å².